The van der Waals surface area contributed by atoms with Gasteiger partial charge in [-0.25, -0.2) is 0 Å². The van der Waals surface area contributed by atoms with Gasteiger partial charge in [-0.15, -0.1) is 12.4 Å². The van der Waals surface area contributed by atoms with E-state index in [4.69, 9.17) is 5.11 Å². The molecule has 4 N–H and O–H groups in total. The zero-order valence-electron chi connectivity index (χ0n) is 2.98. The van der Waals surface area contributed by atoms with Crippen molar-refractivity contribution < 1.29 is 5.11 Å². The molecule has 0 aliphatic carbocycles. The Morgan fingerprint density at radius 3 is 1.60 bits per heavy atom. The van der Waals surface area contributed by atoms with Crippen molar-refractivity contribution in [3.05, 3.63) is 6.92 Å². The lowest BCUT2D eigenvalue weighted by atomic mass is 10.9. The van der Waals surface area contributed by atoms with E-state index in [9.17, 15) is 0 Å². The average molecular weight is 98.6 g/mol. The first kappa shape index (κ1) is 18.9. The van der Waals surface area contributed by atoms with Gasteiger partial charge in [-0.1, -0.05) is 0 Å². The number of aliphatic hydroxyl groups is 1. The minimum atomic E-state index is 0. The van der Waals surface area contributed by atoms with Crippen molar-refractivity contribution in [2.24, 2.45) is 0 Å². The van der Waals surface area contributed by atoms with E-state index in [1.165, 1.54) is 0 Å². The summed E-state index contributed by atoms with van der Waals surface area (Å²) in [6.07, 6.45) is 0. The van der Waals surface area contributed by atoms with Crippen LogP contribution >= 0.6 is 12.4 Å². The molecule has 0 aliphatic heterocycles. The number of hydrogen-bond acceptors (Lipinski definition) is 2. The van der Waals surface area contributed by atoms with E-state index in [1.54, 1.807) is 0 Å². The normalized spacial score (nSPS) is 3.60. The van der Waals surface area contributed by atoms with Crippen LogP contribution in [-0.2, 0) is 0 Å². The SMILES string of the molecule is Cl.N.[CH2]CO. The van der Waals surface area contributed by atoms with Gasteiger partial charge in [0.1, 0.15) is 0 Å². The maximum Gasteiger partial charge on any atom is 0.0431 e. The summed E-state index contributed by atoms with van der Waals surface area (Å²) >= 11 is 0. The van der Waals surface area contributed by atoms with E-state index in [0.717, 1.165) is 0 Å². The fourth-order valence-electron chi connectivity index (χ4n) is 0. The molecule has 2 nitrogen and oxygen atoms in total. The highest BCUT2D eigenvalue weighted by Crippen LogP contribution is 1.27. The zero-order chi connectivity index (χ0) is 2.71. The van der Waals surface area contributed by atoms with Gasteiger partial charge in [0.25, 0.3) is 0 Å². The molecule has 0 saturated heterocycles. The van der Waals surface area contributed by atoms with Gasteiger partial charge in [-0.05, 0) is 6.92 Å². The quantitative estimate of drug-likeness (QED) is 0.461. The van der Waals surface area contributed by atoms with Gasteiger partial charge in [-0.3, -0.25) is 0 Å². The third kappa shape index (κ3) is 466. The molecule has 5 heavy (non-hydrogen) atoms. The highest BCUT2D eigenvalue weighted by atomic mass is 35.5. The van der Waals surface area contributed by atoms with Gasteiger partial charge in [0.15, 0.2) is 0 Å². The van der Waals surface area contributed by atoms with Crippen LogP contribution in [0.15, 0.2) is 0 Å². The number of aliphatic hydroxyl groups excluding tert-OH is 1. The highest BCUT2D eigenvalue weighted by molar-refractivity contribution is 5.85. The monoisotopic (exact) mass is 98.0 g/mol. The Hall–Kier alpha value is 0.210. The fourth-order valence-corrected chi connectivity index (χ4v) is 0. The molecule has 0 aromatic rings. The Morgan fingerprint density at radius 1 is 1.60 bits per heavy atom. The second-order valence-electron chi connectivity index (χ2n) is 0.224. The number of hydrogen-bond donors (Lipinski definition) is 2. The summed E-state index contributed by atoms with van der Waals surface area (Å²) in [4.78, 5) is 0. The minimum absolute atomic E-state index is 0. The smallest absolute Gasteiger partial charge is 0.0431 e. The molecule has 0 bridgehead atoms. The van der Waals surface area contributed by atoms with E-state index in [2.05, 4.69) is 6.92 Å². The molecular formula is C2H9ClNO. The van der Waals surface area contributed by atoms with Crippen molar-refractivity contribution in [3.8, 4) is 0 Å². The highest BCUT2D eigenvalue weighted by Gasteiger charge is 1.35. The van der Waals surface area contributed by atoms with E-state index in [-0.39, 0.29) is 25.2 Å². The maximum absolute atomic E-state index is 7.46. The molecule has 0 unspecified atom stereocenters. The van der Waals surface area contributed by atoms with Crippen molar-refractivity contribution in [2.45, 2.75) is 0 Å². The Balaban J connectivity index is -0.0000000200. The Morgan fingerprint density at radius 2 is 1.60 bits per heavy atom. The third-order valence-electron chi connectivity index (χ3n) is 0. The van der Waals surface area contributed by atoms with Gasteiger partial charge < -0.3 is 11.3 Å². The van der Waals surface area contributed by atoms with Crippen molar-refractivity contribution in [1.29, 1.82) is 0 Å². The van der Waals surface area contributed by atoms with Crippen molar-refractivity contribution in [1.82, 2.24) is 6.15 Å². The molecule has 0 rings (SSSR count). The van der Waals surface area contributed by atoms with Gasteiger partial charge >= 0.3 is 0 Å². The minimum Gasteiger partial charge on any atom is -0.396 e. The first-order valence-electron chi connectivity index (χ1n) is 0.816. The lowest BCUT2D eigenvalue weighted by Crippen LogP contribution is -1.58. The van der Waals surface area contributed by atoms with E-state index >= 15 is 0 Å². The summed E-state index contributed by atoms with van der Waals surface area (Å²) in [6, 6.07) is 0. The maximum atomic E-state index is 7.46. The van der Waals surface area contributed by atoms with Crippen LogP contribution in [0.2, 0.25) is 0 Å². The second kappa shape index (κ2) is 29.6. The van der Waals surface area contributed by atoms with Gasteiger partial charge in [-0.2, -0.15) is 0 Å². The molecule has 0 fully saturated rings. The first-order chi connectivity index (χ1) is 1.41. The molecular weight excluding hydrogens is 89.5 g/mol. The number of halogens is 1. The van der Waals surface area contributed by atoms with E-state index in [0.29, 0.717) is 0 Å². The molecule has 0 aliphatic rings. The number of rotatable bonds is 0. The van der Waals surface area contributed by atoms with Crippen molar-refractivity contribution in [2.75, 3.05) is 6.61 Å². The van der Waals surface area contributed by atoms with Crippen LogP contribution in [0.25, 0.3) is 0 Å². The fraction of sp³-hybridized carbons (Fsp3) is 0.500. The summed E-state index contributed by atoms with van der Waals surface area (Å²) in [5.41, 5.74) is 0. The van der Waals surface area contributed by atoms with E-state index in [1.807, 2.05) is 0 Å². The van der Waals surface area contributed by atoms with Crippen molar-refractivity contribution >= 4 is 12.4 Å². The summed E-state index contributed by atoms with van der Waals surface area (Å²) in [5, 5.41) is 7.46. The first-order valence-corrected chi connectivity index (χ1v) is 0.816. The summed E-state index contributed by atoms with van der Waals surface area (Å²) in [6.45, 7) is 3.04. The van der Waals surface area contributed by atoms with Crippen molar-refractivity contribution in [3.63, 3.8) is 0 Å². The molecule has 35 valence electrons. The Kier molecular flexibility index (Phi) is 112. The van der Waals surface area contributed by atoms with Gasteiger partial charge in [0.05, 0.1) is 0 Å². The Bertz CT molecular complexity index is 9.61. The Labute approximate surface area is 38.2 Å². The molecule has 0 heterocycles. The zero-order valence-corrected chi connectivity index (χ0v) is 3.79. The van der Waals surface area contributed by atoms with Crippen LogP contribution in [0.4, 0.5) is 0 Å². The van der Waals surface area contributed by atoms with Crippen LogP contribution in [0.5, 0.6) is 0 Å². The van der Waals surface area contributed by atoms with E-state index < -0.39 is 0 Å². The second-order valence-corrected chi connectivity index (χ2v) is 0.224. The van der Waals surface area contributed by atoms with Crippen LogP contribution in [0.3, 0.4) is 0 Å². The molecule has 0 spiro atoms. The molecule has 0 aromatic heterocycles. The van der Waals surface area contributed by atoms with Gasteiger partial charge in [0.2, 0.25) is 0 Å². The largest absolute Gasteiger partial charge is 0.396 e. The lowest BCUT2D eigenvalue weighted by molar-refractivity contribution is 0.341. The van der Waals surface area contributed by atoms with Crippen LogP contribution in [0.1, 0.15) is 0 Å². The molecule has 3 heteroatoms. The predicted octanol–water partition coefficient (Wildman–Crippen LogP) is 0.397. The molecule has 0 atom stereocenters. The lowest BCUT2D eigenvalue weighted by Gasteiger charge is -1.52. The van der Waals surface area contributed by atoms with Crippen LogP contribution < -0.4 is 6.15 Å². The molecule has 1 radical (unpaired) electrons. The topological polar surface area (TPSA) is 55.2 Å². The third-order valence-corrected chi connectivity index (χ3v) is 0. The summed E-state index contributed by atoms with van der Waals surface area (Å²) in [5.74, 6) is 0. The predicted molar refractivity (Wildman–Crippen MR) is 24.7 cm³/mol. The summed E-state index contributed by atoms with van der Waals surface area (Å²) < 4.78 is 0. The molecule has 0 aromatic carbocycles. The summed E-state index contributed by atoms with van der Waals surface area (Å²) in [7, 11) is 0. The van der Waals surface area contributed by atoms with Gasteiger partial charge in [0, 0.05) is 6.61 Å². The average Bonchev–Trinajstić information content (AvgIpc) is 0.918. The van der Waals surface area contributed by atoms with Crippen LogP contribution in [0, 0.1) is 6.92 Å². The molecule has 0 saturated carbocycles. The molecule has 0 amide bonds. The van der Waals surface area contributed by atoms with Crippen LogP contribution in [-0.4, -0.2) is 11.7 Å². The standard InChI is InChI=1S/C2H5O.ClH.H3N/c1-2-3;;/h3H,1-2H2;1H;1H3.